The van der Waals surface area contributed by atoms with Crippen LogP contribution in [0.4, 0.5) is 0 Å². The van der Waals surface area contributed by atoms with E-state index in [2.05, 4.69) is 22.2 Å². The molecule has 1 amide bonds. The summed E-state index contributed by atoms with van der Waals surface area (Å²) in [4.78, 5) is 19.2. The molecule has 1 aliphatic heterocycles. The lowest BCUT2D eigenvalue weighted by molar-refractivity contribution is 0.100. The zero-order chi connectivity index (χ0) is 12.8. The van der Waals surface area contributed by atoms with Gasteiger partial charge in [-0.15, -0.1) is 0 Å². The summed E-state index contributed by atoms with van der Waals surface area (Å²) >= 11 is 0. The fourth-order valence-corrected chi connectivity index (χ4v) is 2.59. The summed E-state index contributed by atoms with van der Waals surface area (Å²) in [6, 6.07) is 5.44. The number of nitrogens with zero attached hydrogens (tertiary/aromatic N) is 1. The summed E-state index contributed by atoms with van der Waals surface area (Å²) in [5.41, 5.74) is 7.22. The summed E-state index contributed by atoms with van der Waals surface area (Å²) in [6.07, 6.45) is 2.18. The molecule has 1 fully saturated rings. The summed E-state index contributed by atoms with van der Waals surface area (Å²) in [5.74, 6) is 0.437. The molecule has 1 saturated heterocycles. The van der Waals surface area contributed by atoms with Crippen molar-refractivity contribution in [2.24, 2.45) is 5.73 Å². The normalized spacial score (nSPS) is 23.6. The van der Waals surface area contributed by atoms with E-state index in [1.807, 2.05) is 12.1 Å². The van der Waals surface area contributed by atoms with E-state index in [1.165, 1.54) is 0 Å². The minimum Gasteiger partial charge on any atom is -0.366 e. The summed E-state index contributed by atoms with van der Waals surface area (Å²) < 4.78 is 0. The molecule has 0 radical (unpaired) electrons. The Balaban J connectivity index is 2.16. The molecule has 0 saturated carbocycles. The Morgan fingerprint density at radius 3 is 3.00 bits per heavy atom. The van der Waals surface area contributed by atoms with Crippen LogP contribution in [0, 0.1) is 0 Å². The van der Waals surface area contributed by atoms with Gasteiger partial charge in [-0.25, -0.2) is 4.98 Å². The van der Waals surface area contributed by atoms with Gasteiger partial charge in [-0.3, -0.25) is 4.79 Å². The summed E-state index contributed by atoms with van der Waals surface area (Å²) in [5, 5.41) is 3.45. The number of H-pyrrole nitrogens is 1. The highest BCUT2D eigenvalue weighted by molar-refractivity contribution is 6.04. The van der Waals surface area contributed by atoms with E-state index >= 15 is 0 Å². The van der Waals surface area contributed by atoms with E-state index in [-0.39, 0.29) is 5.54 Å². The Kier molecular flexibility index (Phi) is 2.38. The first kappa shape index (κ1) is 11.2. The van der Waals surface area contributed by atoms with E-state index in [4.69, 9.17) is 5.73 Å². The third kappa shape index (κ3) is 1.59. The van der Waals surface area contributed by atoms with Crippen molar-refractivity contribution >= 4 is 16.9 Å². The third-order valence-electron chi connectivity index (χ3n) is 3.67. The topological polar surface area (TPSA) is 83.8 Å². The maximum absolute atomic E-state index is 11.4. The number of amides is 1. The Labute approximate surface area is 105 Å². The number of nitrogens with one attached hydrogen (secondary N) is 2. The highest BCUT2D eigenvalue weighted by atomic mass is 16.1. The second kappa shape index (κ2) is 3.81. The molecule has 4 N–H and O–H groups in total. The van der Waals surface area contributed by atoms with Crippen LogP contribution >= 0.6 is 0 Å². The van der Waals surface area contributed by atoms with Crippen LogP contribution in [0.15, 0.2) is 18.2 Å². The maximum atomic E-state index is 11.4. The fourth-order valence-electron chi connectivity index (χ4n) is 2.59. The van der Waals surface area contributed by atoms with Crippen molar-refractivity contribution < 1.29 is 4.79 Å². The number of imidazole rings is 1. The van der Waals surface area contributed by atoms with Gasteiger partial charge in [0.2, 0.25) is 0 Å². The van der Waals surface area contributed by atoms with Gasteiger partial charge >= 0.3 is 0 Å². The molecule has 0 aliphatic carbocycles. The van der Waals surface area contributed by atoms with Gasteiger partial charge in [0.05, 0.1) is 16.6 Å². The molecule has 0 spiro atoms. The van der Waals surface area contributed by atoms with Crippen molar-refractivity contribution in [3.63, 3.8) is 0 Å². The first-order valence-corrected chi connectivity index (χ1v) is 6.14. The minimum absolute atomic E-state index is 0.131. The molecule has 0 unspecified atom stereocenters. The van der Waals surface area contributed by atoms with Crippen LogP contribution in [0.5, 0.6) is 0 Å². The lowest BCUT2D eigenvalue weighted by Crippen LogP contribution is -2.34. The van der Waals surface area contributed by atoms with Crippen LogP contribution in [-0.2, 0) is 5.54 Å². The van der Waals surface area contributed by atoms with Crippen molar-refractivity contribution in [1.29, 1.82) is 0 Å². The van der Waals surface area contributed by atoms with Gasteiger partial charge in [0.1, 0.15) is 11.3 Å². The predicted octanol–water partition coefficient (Wildman–Crippen LogP) is 1.26. The van der Waals surface area contributed by atoms with E-state index < -0.39 is 5.91 Å². The molecule has 2 heterocycles. The molecule has 1 atom stereocenters. The molecular weight excluding hydrogens is 228 g/mol. The van der Waals surface area contributed by atoms with Crippen LogP contribution < -0.4 is 11.1 Å². The number of aromatic nitrogens is 2. The second-order valence-corrected chi connectivity index (χ2v) is 5.01. The van der Waals surface area contributed by atoms with Crippen LogP contribution in [0.2, 0.25) is 0 Å². The number of fused-ring (bicyclic) bond motifs is 1. The molecule has 1 aromatic heterocycles. The van der Waals surface area contributed by atoms with Crippen molar-refractivity contribution in [2.75, 3.05) is 6.54 Å². The van der Waals surface area contributed by atoms with Crippen LogP contribution in [0.3, 0.4) is 0 Å². The lowest BCUT2D eigenvalue weighted by atomic mass is 10.00. The van der Waals surface area contributed by atoms with Crippen LogP contribution in [0.1, 0.15) is 35.9 Å². The molecule has 2 aromatic rings. The molecule has 3 rings (SSSR count). The van der Waals surface area contributed by atoms with Crippen LogP contribution in [0.25, 0.3) is 11.0 Å². The Morgan fingerprint density at radius 1 is 1.50 bits per heavy atom. The van der Waals surface area contributed by atoms with Gasteiger partial charge in [-0.1, -0.05) is 6.07 Å². The summed E-state index contributed by atoms with van der Waals surface area (Å²) in [6.45, 7) is 3.12. The number of primary amides is 1. The van der Waals surface area contributed by atoms with Crippen molar-refractivity contribution in [3.05, 3.63) is 29.6 Å². The number of benzene rings is 1. The Bertz CT molecular complexity index is 610. The van der Waals surface area contributed by atoms with E-state index in [9.17, 15) is 4.79 Å². The standard InChI is InChI=1S/C13H16N4O/c1-13(6-3-7-15-13)12-16-9-5-2-4-8(11(14)18)10(9)17-12/h2,4-5,15H,3,6-7H2,1H3,(H2,14,18)(H,16,17)/t13-/m0/s1. The molecule has 18 heavy (non-hydrogen) atoms. The number of nitrogens with two attached hydrogens (primary N) is 1. The van der Waals surface area contributed by atoms with Crippen molar-refractivity contribution in [2.45, 2.75) is 25.3 Å². The molecule has 5 heteroatoms. The van der Waals surface area contributed by atoms with Gasteiger partial charge in [0, 0.05) is 0 Å². The van der Waals surface area contributed by atoms with Gasteiger partial charge in [0.25, 0.3) is 5.91 Å². The number of carbonyl (C=O) groups excluding carboxylic acids is 1. The molecular formula is C13H16N4O. The highest BCUT2D eigenvalue weighted by Gasteiger charge is 2.33. The second-order valence-electron chi connectivity index (χ2n) is 5.01. The minimum atomic E-state index is -0.441. The predicted molar refractivity (Wildman–Crippen MR) is 69.2 cm³/mol. The monoisotopic (exact) mass is 244 g/mol. The van der Waals surface area contributed by atoms with Crippen molar-refractivity contribution in [1.82, 2.24) is 15.3 Å². The first-order valence-electron chi connectivity index (χ1n) is 6.14. The summed E-state index contributed by atoms with van der Waals surface area (Å²) in [7, 11) is 0. The smallest absolute Gasteiger partial charge is 0.250 e. The number of rotatable bonds is 2. The number of aromatic amines is 1. The highest BCUT2D eigenvalue weighted by Crippen LogP contribution is 2.30. The maximum Gasteiger partial charge on any atom is 0.250 e. The van der Waals surface area contributed by atoms with Crippen LogP contribution in [-0.4, -0.2) is 22.4 Å². The number of carbonyl (C=O) groups is 1. The zero-order valence-electron chi connectivity index (χ0n) is 10.3. The average Bonchev–Trinajstić information content (AvgIpc) is 2.94. The number of hydrogen-bond acceptors (Lipinski definition) is 3. The molecule has 1 aliphatic rings. The van der Waals surface area contributed by atoms with Gasteiger partial charge in [0.15, 0.2) is 0 Å². The largest absolute Gasteiger partial charge is 0.366 e. The third-order valence-corrected chi connectivity index (χ3v) is 3.67. The van der Waals surface area contributed by atoms with E-state index in [0.29, 0.717) is 11.1 Å². The van der Waals surface area contributed by atoms with E-state index in [0.717, 1.165) is 30.7 Å². The molecule has 5 nitrogen and oxygen atoms in total. The fraction of sp³-hybridized carbons (Fsp3) is 0.385. The molecule has 94 valence electrons. The number of para-hydroxylation sites is 1. The SMILES string of the molecule is C[C@@]1(c2nc3c(C(N)=O)cccc3[nH]2)CCCN1. The Hall–Kier alpha value is -1.88. The first-order chi connectivity index (χ1) is 8.60. The number of hydrogen-bond donors (Lipinski definition) is 3. The quantitative estimate of drug-likeness (QED) is 0.743. The van der Waals surface area contributed by atoms with Crippen molar-refractivity contribution in [3.8, 4) is 0 Å². The van der Waals surface area contributed by atoms with Gasteiger partial charge in [-0.2, -0.15) is 0 Å². The molecule has 1 aromatic carbocycles. The van der Waals surface area contributed by atoms with Gasteiger partial charge < -0.3 is 16.0 Å². The lowest BCUT2D eigenvalue weighted by Gasteiger charge is -2.21. The zero-order valence-corrected chi connectivity index (χ0v) is 10.3. The van der Waals surface area contributed by atoms with E-state index in [1.54, 1.807) is 6.07 Å². The average molecular weight is 244 g/mol. The molecule has 0 bridgehead atoms. The van der Waals surface area contributed by atoms with Gasteiger partial charge in [-0.05, 0) is 38.4 Å². The Morgan fingerprint density at radius 2 is 2.33 bits per heavy atom.